The van der Waals surface area contributed by atoms with E-state index in [4.69, 9.17) is 22.1 Å². The first-order valence-electron chi connectivity index (χ1n) is 11.6. The van der Waals surface area contributed by atoms with E-state index >= 15 is 0 Å². The highest BCUT2D eigenvalue weighted by molar-refractivity contribution is 6.32. The van der Waals surface area contributed by atoms with Crippen LogP contribution >= 0.6 is 11.6 Å². The van der Waals surface area contributed by atoms with Crippen LogP contribution in [-0.2, 0) is 0 Å². The van der Waals surface area contributed by atoms with Gasteiger partial charge in [0.15, 0.2) is 5.78 Å². The molecule has 1 aliphatic rings. The van der Waals surface area contributed by atoms with Crippen molar-refractivity contribution in [1.82, 2.24) is 10.3 Å². The van der Waals surface area contributed by atoms with Gasteiger partial charge in [0, 0.05) is 40.4 Å². The number of aromatic nitrogens is 1. The van der Waals surface area contributed by atoms with E-state index < -0.39 is 0 Å². The molecule has 4 rings (SSSR count). The molecule has 0 atom stereocenters. The minimum atomic E-state index is 0.00935. The average Bonchev–Trinajstić information content (AvgIpc) is 2.74. The zero-order valence-corrected chi connectivity index (χ0v) is 20.9. The van der Waals surface area contributed by atoms with E-state index in [9.17, 15) is 4.79 Å². The molecule has 0 radical (unpaired) electrons. The van der Waals surface area contributed by atoms with Gasteiger partial charge in [-0.1, -0.05) is 29.8 Å². The number of nitrogens with zero attached hydrogens (tertiary/aromatic N) is 1. The highest BCUT2D eigenvalue weighted by atomic mass is 35.5. The van der Waals surface area contributed by atoms with Crippen LogP contribution in [0, 0.1) is 5.92 Å². The van der Waals surface area contributed by atoms with Crippen molar-refractivity contribution < 1.29 is 9.53 Å². The Labute approximate surface area is 206 Å². The van der Waals surface area contributed by atoms with Gasteiger partial charge < -0.3 is 15.8 Å². The lowest BCUT2D eigenvalue weighted by Gasteiger charge is -2.46. The molecule has 2 heterocycles. The van der Waals surface area contributed by atoms with E-state index in [0.29, 0.717) is 40.2 Å². The van der Waals surface area contributed by atoms with E-state index in [1.807, 2.05) is 30.3 Å². The number of carbonyl (C=O) groups excluding carboxylic acids is 1. The molecular formula is C28H32ClN3O2. The summed E-state index contributed by atoms with van der Waals surface area (Å²) < 4.78 is 6.15. The number of ether oxygens (including phenoxy) is 1. The highest BCUT2D eigenvalue weighted by Gasteiger charge is 2.38. The Morgan fingerprint density at radius 2 is 1.76 bits per heavy atom. The van der Waals surface area contributed by atoms with Crippen LogP contribution in [0.2, 0.25) is 5.02 Å². The Hall–Kier alpha value is -2.89. The van der Waals surface area contributed by atoms with Crippen molar-refractivity contribution in [2.75, 3.05) is 5.73 Å². The predicted octanol–water partition coefficient (Wildman–Crippen LogP) is 6.91. The van der Waals surface area contributed by atoms with Gasteiger partial charge in [0.25, 0.3) is 0 Å². The molecular weight excluding hydrogens is 446 g/mol. The number of halogens is 1. The maximum absolute atomic E-state index is 13.1. The lowest BCUT2D eigenvalue weighted by Crippen LogP contribution is -2.57. The average molecular weight is 478 g/mol. The molecule has 0 spiro atoms. The fourth-order valence-corrected chi connectivity index (χ4v) is 5.51. The Morgan fingerprint density at radius 1 is 1.06 bits per heavy atom. The van der Waals surface area contributed by atoms with Gasteiger partial charge in [-0.15, -0.1) is 0 Å². The molecule has 1 aromatic heterocycles. The zero-order valence-electron chi connectivity index (χ0n) is 20.2. The summed E-state index contributed by atoms with van der Waals surface area (Å²) in [5, 5.41) is 4.08. The molecule has 0 aliphatic carbocycles. The molecule has 2 aromatic carbocycles. The van der Waals surface area contributed by atoms with E-state index in [1.54, 1.807) is 30.5 Å². The topological polar surface area (TPSA) is 77.2 Å². The largest absolute Gasteiger partial charge is 0.455 e. The molecule has 0 unspecified atom stereocenters. The molecule has 5 nitrogen and oxygen atoms in total. The van der Waals surface area contributed by atoms with Gasteiger partial charge in [-0.2, -0.15) is 0 Å². The van der Waals surface area contributed by atoms with Crippen LogP contribution < -0.4 is 15.8 Å². The number of hydrogen-bond donors (Lipinski definition) is 2. The Bertz CT molecular complexity index is 1170. The standard InChI is InChI=1S/C28H32ClN3O2/c1-27(2)15-18(16-28(3,4)32-27)13-23(33)19-9-11-25(22(29)14-19)34-24-8-6-5-7-21(24)20-10-12-26(30)31-17-20/h5-12,14,17-18,32H,13,15-16H2,1-4H3,(H2,30,31). The Morgan fingerprint density at radius 3 is 2.41 bits per heavy atom. The lowest BCUT2D eigenvalue weighted by molar-refractivity contribution is 0.0864. The second-order valence-corrected chi connectivity index (χ2v) is 10.9. The Kier molecular flexibility index (Phi) is 6.70. The van der Waals surface area contributed by atoms with E-state index in [-0.39, 0.29) is 16.9 Å². The normalized spacial score (nSPS) is 17.3. The molecule has 3 aromatic rings. The molecule has 0 saturated carbocycles. The summed E-state index contributed by atoms with van der Waals surface area (Å²) in [6, 6.07) is 16.6. The number of pyridine rings is 1. The quantitative estimate of drug-likeness (QED) is 0.377. The number of nitrogen functional groups attached to an aromatic ring is 1. The van der Waals surface area contributed by atoms with Crippen molar-refractivity contribution in [2.24, 2.45) is 5.92 Å². The summed E-state index contributed by atoms with van der Waals surface area (Å²) in [7, 11) is 0. The number of hydrogen-bond acceptors (Lipinski definition) is 5. The van der Waals surface area contributed by atoms with E-state index in [1.165, 1.54) is 0 Å². The smallest absolute Gasteiger partial charge is 0.163 e. The monoisotopic (exact) mass is 477 g/mol. The predicted molar refractivity (Wildman–Crippen MR) is 139 cm³/mol. The molecule has 34 heavy (non-hydrogen) atoms. The number of rotatable bonds is 6. The molecule has 1 aliphatic heterocycles. The fraction of sp³-hybridized carbons (Fsp3) is 0.357. The molecule has 6 heteroatoms. The van der Waals surface area contributed by atoms with Crippen molar-refractivity contribution >= 4 is 23.2 Å². The van der Waals surface area contributed by atoms with E-state index in [0.717, 1.165) is 24.0 Å². The first-order chi connectivity index (χ1) is 16.0. The number of nitrogens with one attached hydrogen (secondary N) is 1. The molecule has 178 valence electrons. The summed E-state index contributed by atoms with van der Waals surface area (Å²) in [4.78, 5) is 17.3. The zero-order chi connectivity index (χ0) is 24.5. The van der Waals surface area contributed by atoms with Crippen molar-refractivity contribution in [3.8, 4) is 22.6 Å². The van der Waals surface area contributed by atoms with Crippen molar-refractivity contribution in [3.63, 3.8) is 0 Å². The van der Waals surface area contributed by atoms with Crippen LogP contribution in [0.15, 0.2) is 60.8 Å². The third-order valence-corrected chi connectivity index (χ3v) is 6.50. The van der Waals surface area contributed by atoms with Gasteiger partial charge in [-0.3, -0.25) is 4.79 Å². The van der Waals surface area contributed by atoms with Crippen LogP contribution in [-0.4, -0.2) is 21.8 Å². The molecule has 3 N–H and O–H groups in total. The second-order valence-electron chi connectivity index (χ2n) is 10.5. The van der Waals surface area contributed by atoms with Gasteiger partial charge >= 0.3 is 0 Å². The number of nitrogens with two attached hydrogens (primary N) is 1. The maximum Gasteiger partial charge on any atom is 0.163 e. The van der Waals surface area contributed by atoms with Crippen LogP contribution in [0.25, 0.3) is 11.1 Å². The van der Waals surface area contributed by atoms with Crippen molar-refractivity contribution in [1.29, 1.82) is 0 Å². The van der Waals surface area contributed by atoms with Crippen molar-refractivity contribution in [3.05, 3.63) is 71.4 Å². The van der Waals surface area contributed by atoms with E-state index in [2.05, 4.69) is 38.0 Å². The molecule has 0 bridgehead atoms. The summed E-state index contributed by atoms with van der Waals surface area (Å²) in [6.07, 6.45) is 4.16. The maximum atomic E-state index is 13.1. The van der Waals surface area contributed by atoms with Crippen LogP contribution in [0.3, 0.4) is 0 Å². The number of benzene rings is 2. The van der Waals surface area contributed by atoms with Gasteiger partial charge in [0.2, 0.25) is 0 Å². The van der Waals surface area contributed by atoms with Crippen LogP contribution in [0.5, 0.6) is 11.5 Å². The summed E-state index contributed by atoms with van der Waals surface area (Å²) >= 11 is 6.56. The van der Waals surface area contributed by atoms with Gasteiger partial charge in [-0.05, 0) is 82.9 Å². The first-order valence-corrected chi connectivity index (χ1v) is 12.0. The number of piperidine rings is 1. The van der Waals surface area contributed by atoms with Crippen LogP contribution in [0.4, 0.5) is 5.82 Å². The fourth-order valence-electron chi connectivity index (χ4n) is 5.29. The minimum absolute atomic E-state index is 0.00935. The number of para-hydroxylation sites is 1. The SMILES string of the molecule is CC1(C)CC(CC(=O)c2ccc(Oc3ccccc3-c3ccc(N)nc3)c(Cl)c2)CC(C)(C)N1. The second kappa shape index (κ2) is 9.40. The number of ketones is 1. The molecule has 1 saturated heterocycles. The first kappa shape index (κ1) is 24.2. The number of Topliss-reactive ketones (excluding diaryl/α,β-unsaturated/α-hetero) is 1. The Balaban J connectivity index is 1.50. The number of anilines is 1. The number of carbonyl (C=O) groups is 1. The van der Waals surface area contributed by atoms with Crippen molar-refractivity contribution in [2.45, 2.75) is 58.0 Å². The highest BCUT2D eigenvalue weighted by Crippen LogP contribution is 2.38. The minimum Gasteiger partial charge on any atom is -0.455 e. The third kappa shape index (κ3) is 5.78. The summed E-state index contributed by atoms with van der Waals surface area (Å²) in [5.41, 5.74) is 8.12. The molecule has 1 fully saturated rings. The van der Waals surface area contributed by atoms with Gasteiger partial charge in [0.1, 0.15) is 17.3 Å². The summed E-state index contributed by atoms with van der Waals surface area (Å²) in [5.74, 6) is 2.05. The third-order valence-electron chi connectivity index (χ3n) is 6.21. The van der Waals surface area contributed by atoms with Gasteiger partial charge in [-0.25, -0.2) is 4.98 Å². The van der Waals surface area contributed by atoms with Crippen LogP contribution in [0.1, 0.15) is 57.3 Å². The summed E-state index contributed by atoms with van der Waals surface area (Å²) in [6.45, 7) is 8.80. The molecule has 0 amide bonds. The van der Waals surface area contributed by atoms with Gasteiger partial charge in [0.05, 0.1) is 5.02 Å². The lowest BCUT2D eigenvalue weighted by atomic mass is 9.74.